The van der Waals surface area contributed by atoms with Crippen molar-refractivity contribution >= 4 is 23.3 Å². The largest absolute Gasteiger partial charge is 0.341 e. The van der Waals surface area contributed by atoms with E-state index in [4.69, 9.17) is 0 Å². The Kier molecular flexibility index (Phi) is 2.99. The molecule has 0 aliphatic carbocycles. The van der Waals surface area contributed by atoms with Crippen LogP contribution in [-0.4, -0.2) is 25.0 Å². The molecule has 90 valence electrons. The Morgan fingerprint density at radius 2 is 2.18 bits per heavy atom. The van der Waals surface area contributed by atoms with Gasteiger partial charge in [-0.1, -0.05) is 12.1 Å². The average Bonchev–Trinajstić information content (AvgIpc) is 2.42. The molecule has 5 heteroatoms. The van der Waals surface area contributed by atoms with Crippen LogP contribution in [0.5, 0.6) is 0 Å². The van der Waals surface area contributed by atoms with Gasteiger partial charge in [0.2, 0.25) is 5.91 Å². The second-order valence-electron chi connectivity index (χ2n) is 4.04. The number of para-hydroxylation sites is 2. The molecule has 1 aromatic carbocycles. The van der Waals surface area contributed by atoms with E-state index in [1.807, 2.05) is 25.1 Å². The predicted octanol–water partition coefficient (Wildman–Crippen LogP) is 1.56. The number of fused-ring (bicyclic) bond motifs is 1. The summed E-state index contributed by atoms with van der Waals surface area (Å²) in [6.07, 6.45) is 0.294. The van der Waals surface area contributed by atoms with Crippen molar-refractivity contribution in [2.45, 2.75) is 19.4 Å². The molecular weight excluding hydrogens is 218 g/mol. The van der Waals surface area contributed by atoms with Gasteiger partial charge in [-0.05, 0) is 19.1 Å². The van der Waals surface area contributed by atoms with E-state index in [1.54, 1.807) is 18.0 Å². The molecule has 1 aromatic rings. The van der Waals surface area contributed by atoms with Gasteiger partial charge in [-0.3, -0.25) is 9.69 Å². The summed E-state index contributed by atoms with van der Waals surface area (Å²) in [6, 6.07) is 6.92. The Morgan fingerprint density at radius 3 is 2.88 bits per heavy atom. The number of nitrogens with one attached hydrogen (secondary N) is 2. The van der Waals surface area contributed by atoms with Gasteiger partial charge in [0.15, 0.2) is 0 Å². The number of urea groups is 1. The van der Waals surface area contributed by atoms with Gasteiger partial charge in [0.05, 0.1) is 11.4 Å². The van der Waals surface area contributed by atoms with E-state index in [-0.39, 0.29) is 18.0 Å². The van der Waals surface area contributed by atoms with Crippen LogP contribution in [0, 0.1) is 0 Å². The SMILES string of the molecule is CNC(=O)N1c2ccccc2NC(=O)C[C@@H]1C. The van der Waals surface area contributed by atoms with Gasteiger partial charge in [-0.15, -0.1) is 0 Å². The molecular formula is C12H15N3O2. The van der Waals surface area contributed by atoms with Crippen molar-refractivity contribution in [3.05, 3.63) is 24.3 Å². The highest BCUT2D eigenvalue weighted by atomic mass is 16.2. The number of hydrogen-bond acceptors (Lipinski definition) is 2. The van der Waals surface area contributed by atoms with Crippen LogP contribution in [0.3, 0.4) is 0 Å². The smallest absolute Gasteiger partial charge is 0.321 e. The molecule has 0 saturated carbocycles. The van der Waals surface area contributed by atoms with Crippen molar-refractivity contribution in [3.8, 4) is 0 Å². The minimum atomic E-state index is -0.207. The lowest BCUT2D eigenvalue weighted by Crippen LogP contribution is -2.44. The zero-order chi connectivity index (χ0) is 12.4. The summed E-state index contributed by atoms with van der Waals surface area (Å²) in [7, 11) is 1.58. The molecule has 1 aliphatic rings. The second-order valence-corrected chi connectivity index (χ2v) is 4.04. The van der Waals surface area contributed by atoms with Gasteiger partial charge in [-0.2, -0.15) is 0 Å². The average molecular weight is 233 g/mol. The van der Waals surface area contributed by atoms with E-state index in [1.165, 1.54) is 0 Å². The first-order valence-corrected chi connectivity index (χ1v) is 5.53. The number of amides is 3. The van der Waals surface area contributed by atoms with E-state index in [0.717, 1.165) is 5.69 Å². The first kappa shape index (κ1) is 11.4. The maximum absolute atomic E-state index is 11.9. The molecule has 0 bridgehead atoms. The van der Waals surface area contributed by atoms with Crippen molar-refractivity contribution in [1.29, 1.82) is 0 Å². The topological polar surface area (TPSA) is 61.4 Å². The summed E-state index contributed by atoms with van der Waals surface area (Å²) in [4.78, 5) is 25.1. The number of benzene rings is 1. The fourth-order valence-corrected chi connectivity index (χ4v) is 2.02. The molecule has 5 nitrogen and oxygen atoms in total. The number of rotatable bonds is 0. The molecule has 1 atom stereocenters. The molecule has 0 unspecified atom stereocenters. The molecule has 2 rings (SSSR count). The third-order valence-corrected chi connectivity index (χ3v) is 2.79. The quantitative estimate of drug-likeness (QED) is 0.714. The predicted molar refractivity (Wildman–Crippen MR) is 66.1 cm³/mol. The van der Waals surface area contributed by atoms with Crippen molar-refractivity contribution in [2.24, 2.45) is 0 Å². The van der Waals surface area contributed by atoms with Gasteiger partial charge >= 0.3 is 6.03 Å². The molecule has 0 spiro atoms. The lowest BCUT2D eigenvalue weighted by molar-refractivity contribution is -0.116. The van der Waals surface area contributed by atoms with E-state index in [0.29, 0.717) is 12.1 Å². The van der Waals surface area contributed by atoms with Crippen LogP contribution in [0.1, 0.15) is 13.3 Å². The van der Waals surface area contributed by atoms with Crippen LogP contribution < -0.4 is 15.5 Å². The van der Waals surface area contributed by atoms with Crippen molar-refractivity contribution < 1.29 is 9.59 Å². The summed E-state index contributed by atoms with van der Waals surface area (Å²) in [6.45, 7) is 1.86. The highest BCUT2D eigenvalue weighted by Gasteiger charge is 2.28. The number of nitrogens with zero attached hydrogens (tertiary/aromatic N) is 1. The molecule has 3 amide bonds. The number of hydrogen-bond donors (Lipinski definition) is 2. The fraction of sp³-hybridized carbons (Fsp3) is 0.333. The van der Waals surface area contributed by atoms with Gasteiger partial charge in [0, 0.05) is 19.5 Å². The van der Waals surface area contributed by atoms with Gasteiger partial charge < -0.3 is 10.6 Å². The summed E-state index contributed by atoms with van der Waals surface area (Å²) in [5, 5.41) is 5.40. The third kappa shape index (κ3) is 2.08. The third-order valence-electron chi connectivity index (χ3n) is 2.79. The molecule has 0 radical (unpaired) electrons. The first-order chi connectivity index (χ1) is 8.13. The summed E-state index contributed by atoms with van der Waals surface area (Å²) >= 11 is 0. The number of carbonyl (C=O) groups is 2. The molecule has 0 fully saturated rings. The van der Waals surface area contributed by atoms with Crippen molar-refractivity contribution in [3.63, 3.8) is 0 Å². The maximum atomic E-state index is 11.9. The highest BCUT2D eigenvalue weighted by molar-refractivity contribution is 6.03. The summed E-state index contributed by atoms with van der Waals surface area (Å²) < 4.78 is 0. The van der Waals surface area contributed by atoms with Gasteiger partial charge in [-0.25, -0.2) is 4.79 Å². The van der Waals surface area contributed by atoms with Crippen LogP contribution in [0.2, 0.25) is 0 Å². The zero-order valence-corrected chi connectivity index (χ0v) is 9.86. The van der Waals surface area contributed by atoms with Gasteiger partial charge in [0.1, 0.15) is 0 Å². The molecule has 0 saturated heterocycles. The fourth-order valence-electron chi connectivity index (χ4n) is 2.02. The Balaban J connectivity index is 2.49. The lowest BCUT2D eigenvalue weighted by Gasteiger charge is -2.27. The Labute approximate surface area is 99.8 Å². The normalized spacial score (nSPS) is 19.1. The Morgan fingerprint density at radius 1 is 1.47 bits per heavy atom. The first-order valence-electron chi connectivity index (χ1n) is 5.53. The molecule has 0 aromatic heterocycles. The second kappa shape index (κ2) is 4.45. The van der Waals surface area contributed by atoms with E-state index >= 15 is 0 Å². The van der Waals surface area contributed by atoms with E-state index in [2.05, 4.69) is 10.6 Å². The van der Waals surface area contributed by atoms with Crippen LogP contribution >= 0.6 is 0 Å². The maximum Gasteiger partial charge on any atom is 0.321 e. The summed E-state index contributed by atoms with van der Waals surface area (Å²) in [5.74, 6) is -0.0728. The van der Waals surface area contributed by atoms with Crippen LogP contribution in [-0.2, 0) is 4.79 Å². The molecule has 2 N–H and O–H groups in total. The van der Waals surface area contributed by atoms with Gasteiger partial charge in [0.25, 0.3) is 0 Å². The number of anilines is 2. The van der Waals surface area contributed by atoms with Crippen LogP contribution in [0.15, 0.2) is 24.3 Å². The van der Waals surface area contributed by atoms with Crippen molar-refractivity contribution in [1.82, 2.24) is 5.32 Å². The summed E-state index contributed by atoms with van der Waals surface area (Å²) in [5.41, 5.74) is 1.40. The van der Waals surface area contributed by atoms with E-state index < -0.39 is 0 Å². The Hall–Kier alpha value is -2.04. The highest BCUT2D eigenvalue weighted by Crippen LogP contribution is 2.30. The van der Waals surface area contributed by atoms with Crippen LogP contribution in [0.4, 0.5) is 16.2 Å². The van der Waals surface area contributed by atoms with Crippen molar-refractivity contribution in [2.75, 3.05) is 17.3 Å². The monoisotopic (exact) mass is 233 g/mol. The molecule has 1 heterocycles. The minimum Gasteiger partial charge on any atom is -0.341 e. The Bertz CT molecular complexity index is 459. The molecule has 1 aliphatic heterocycles. The standard InChI is InChI=1S/C12H15N3O2/c1-8-7-11(16)14-9-5-3-4-6-10(9)15(8)12(17)13-2/h3-6,8H,7H2,1-2H3,(H,13,17)(H,14,16)/t8-/m0/s1. The lowest BCUT2D eigenvalue weighted by atomic mass is 10.2. The zero-order valence-electron chi connectivity index (χ0n) is 9.86. The number of carbonyl (C=O) groups excluding carboxylic acids is 2. The molecule has 17 heavy (non-hydrogen) atoms. The minimum absolute atomic E-state index is 0.0728. The van der Waals surface area contributed by atoms with E-state index in [9.17, 15) is 9.59 Å². The van der Waals surface area contributed by atoms with Crippen LogP contribution in [0.25, 0.3) is 0 Å².